The largest absolute Gasteiger partial charge is 0.480 e. The molecule has 3 rings (SSSR count). The zero-order chi connectivity index (χ0) is 30.5. The van der Waals surface area contributed by atoms with E-state index in [4.69, 9.17) is 11.5 Å². The second-order valence-electron chi connectivity index (χ2n) is 9.87. The number of hydrogen-bond donors (Lipinski definition) is 6. The van der Waals surface area contributed by atoms with E-state index in [0.717, 1.165) is 5.56 Å². The SMILES string of the molecule is NC(=O)CC(NC(=O)C(N)Cc1ccccc1)C(=O)NC(Cc1ccccc1)C(=O)NC(Cc1ccccc1)C(=O)O. The fourth-order valence-corrected chi connectivity index (χ4v) is 4.30. The minimum Gasteiger partial charge on any atom is -0.480 e. The first-order chi connectivity index (χ1) is 20.1. The number of nitrogens with two attached hydrogens (primary N) is 2. The minimum absolute atomic E-state index is 0.0147. The number of aliphatic carboxylic acids is 1. The van der Waals surface area contributed by atoms with Gasteiger partial charge in [-0.3, -0.25) is 19.2 Å². The zero-order valence-corrected chi connectivity index (χ0v) is 22.9. The van der Waals surface area contributed by atoms with Gasteiger partial charge >= 0.3 is 5.97 Å². The van der Waals surface area contributed by atoms with E-state index in [1.165, 1.54) is 0 Å². The van der Waals surface area contributed by atoms with Crippen molar-refractivity contribution in [3.05, 3.63) is 108 Å². The predicted molar refractivity (Wildman–Crippen MR) is 156 cm³/mol. The summed E-state index contributed by atoms with van der Waals surface area (Å²) in [6.45, 7) is 0. The van der Waals surface area contributed by atoms with Crippen LogP contribution in [0, 0.1) is 0 Å². The van der Waals surface area contributed by atoms with Crippen molar-refractivity contribution < 1.29 is 29.1 Å². The van der Waals surface area contributed by atoms with Crippen molar-refractivity contribution in [2.45, 2.75) is 49.9 Å². The van der Waals surface area contributed by atoms with Gasteiger partial charge in [-0.25, -0.2) is 4.79 Å². The topological polar surface area (TPSA) is 194 Å². The molecule has 0 bridgehead atoms. The molecule has 4 amide bonds. The lowest BCUT2D eigenvalue weighted by Crippen LogP contribution is -2.58. The number of rotatable bonds is 15. The number of carboxylic acids is 1. The van der Waals surface area contributed by atoms with E-state index < -0.39 is 60.2 Å². The first-order valence-electron chi connectivity index (χ1n) is 13.4. The van der Waals surface area contributed by atoms with Crippen molar-refractivity contribution in [1.82, 2.24) is 16.0 Å². The number of hydrogen-bond acceptors (Lipinski definition) is 6. The highest BCUT2D eigenvalue weighted by atomic mass is 16.4. The van der Waals surface area contributed by atoms with E-state index >= 15 is 0 Å². The lowest BCUT2D eigenvalue weighted by Gasteiger charge is -2.25. The third-order valence-corrected chi connectivity index (χ3v) is 6.49. The van der Waals surface area contributed by atoms with Crippen LogP contribution in [0.1, 0.15) is 23.1 Å². The van der Waals surface area contributed by atoms with Gasteiger partial charge in [-0.05, 0) is 23.1 Å². The normalized spacial score (nSPS) is 13.5. The van der Waals surface area contributed by atoms with Gasteiger partial charge in [0.05, 0.1) is 12.5 Å². The maximum atomic E-state index is 13.4. The Kier molecular flexibility index (Phi) is 11.8. The van der Waals surface area contributed by atoms with Crippen LogP contribution in [0.25, 0.3) is 0 Å². The summed E-state index contributed by atoms with van der Waals surface area (Å²) in [4.78, 5) is 63.3. The number of amides is 4. The first-order valence-corrected chi connectivity index (χ1v) is 13.4. The monoisotopic (exact) mass is 573 g/mol. The second-order valence-corrected chi connectivity index (χ2v) is 9.87. The number of carbonyl (C=O) groups is 5. The lowest BCUT2D eigenvalue weighted by atomic mass is 10.0. The summed E-state index contributed by atoms with van der Waals surface area (Å²) in [6, 6.07) is 21.7. The number of nitrogens with one attached hydrogen (secondary N) is 3. The van der Waals surface area contributed by atoms with Crippen molar-refractivity contribution in [2.75, 3.05) is 0 Å². The molecule has 0 spiro atoms. The number of benzene rings is 3. The summed E-state index contributed by atoms with van der Waals surface area (Å²) in [7, 11) is 0. The van der Waals surface area contributed by atoms with Crippen molar-refractivity contribution in [3.63, 3.8) is 0 Å². The van der Waals surface area contributed by atoms with Crippen LogP contribution in [0.4, 0.5) is 0 Å². The average Bonchev–Trinajstić information content (AvgIpc) is 2.97. The molecule has 8 N–H and O–H groups in total. The van der Waals surface area contributed by atoms with E-state index in [-0.39, 0.29) is 19.3 Å². The summed E-state index contributed by atoms with van der Waals surface area (Å²) in [5, 5.41) is 17.3. The van der Waals surface area contributed by atoms with Gasteiger partial charge in [0.15, 0.2) is 0 Å². The molecule has 220 valence electrons. The molecule has 11 nitrogen and oxygen atoms in total. The molecule has 0 radical (unpaired) electrons. The van der Waals surface area contributed by atoms with Gasteiger partial charge < -0.3 is 32.5 Å². The van der Waals surface area contributed by atoms with Crippen LogP contribution < -0.4 is 27.4 Å². The molecular formula is C31H35N5O6. The molecule has 0 saturated carbocycles. The lowest BCUT2D eigenvalue weighted by molar-refractivity contribution is -0.142. The summed E-state index contributed by atoms with van der Waals surface area (Å²) in [5.41, 5.74) is 13.6. The van der Waals surface area contributed by atoms with E-state index in [9.17, 15) is 29.1 Å². The van der Waals surface area contributed by atoms with Gasteiger partial charge in [0.25, 0.3) is 0 Å². The van der Waals surface area contributed by atoms with Gasteiger partial charge in [0.1, 0.15) is 18.1 Å². The van der Waals surface area contributed by atoms with Crippen molar-refractivity contribution >= 4 is 29.6 Å². The highest BCUT2D eigenvalue weighted by Crippen LogP contribution is 2.08. The van der Waals surface area contributed by atoms with Crippen LogP contribution in [-0.4, -0.2) is 58.9 Å². The second kappa shape index (κ2) is 15.7. The van der Waals surface area contributed by atoms with Crippen LogP contribution in [0.3, 0.4) is 0 Å². The average molecular weight is 574 g/mol. The van der Waals surface area contributed by atoms with E-state index in [1.807, 2.05) is 6.07 Å². The Bertz CT molecular complexity index is 1350. The smallest absolute Gasteiger partial charge is 0.326 e. The first kappa shape index (κ1) is 31.5. The molecule has 0 saturated heterocycles. The molecule has 11 heteroatoms. The molecule has 0 heterocycles. The maximum Gasteiger partial charge on any atom is 0.326 e. The van der Waals surface area contributed by atoms with Gasteiger partial charge in [0.2, 0.25) is 23.6 Å². The zero-order valence-electron chi connectivity index (χ0n) is 22.9. The van der Waals surface area contributed by atoms with E-state index in [1.54, 1.807) is 84.9 Å². The number of primary amides is 1. The summed E-state index contributed by atoms with van der Waals surface area (Å²) in [5.74, 6) is -4.38. The molecule has 4 atom stereocenters. The molecule has 0 fully saturated rings. The highest BCUT2D eigenvalue weighted by Gasteiger charge is 2.31. The van der Waals surface area contributed by atoms with Gasteiger partial charge in [-0.15, -0.1) is 0 Å². The third kappa shape index (κ3) is 10.2. The molecule has 3 aromatic rings. The maximum absolute atomic E-state index is 13.4. The molecule has 4 unspecified atom stereocenters. The molecule has 0 aromatic heterocycles. The number of carboxylic acid groups (broad SMARTS) is 1. The van der Waals surface area contributed by atoms with Crippen molar-refractivity contribution in [2.24, 2.45) is 11.5 Å². The van der Waals surface area contributed by atoms with Crippen LogP contribution in [0.5, 0.6) is 0 Å². The molecule has 0 aliphatic heterocycles. The number of carbonyl (C=O) groups excluding carboxylic acids is 4. The Hall–Kier alpha value is -5.03. The summed E-state index contributed by atoms with van der Waals surface area (Å²) >= 11 is 0. The summed E-state index contributed by atoms with van der Waals surface area (Å²) < 4.78 is 0. The third-order valence-electron chi connectivity index (χ3n) is 6.49. The van der Waals surface area contributed by atoms with Gasteiger partial charge in [-0.2, -0.15) is 0 Å². The standard InChI is InChI=1S/C31H35N5O6/c32-23(16-20-10-4-1-5-11-20)28(38)34-25(19-27(33)37)30(40)35-24(17-21-12-6-2-7-13-21)29(39)36-26(31(41)42)18-22-14-8-3-9-15-22/h1-15,23-26H,16-19,32H2,(H2,33,37)(H,34,38)(H,35,40)(H,36,39)(H,41,42). The van der Waals surface area contributed by atoms with Gasteiger partial charge in [-0.1, -0.05) is 91.0 Å². The Labute approximate surface area is 243 Å². The Balaban J connectivity index is 1.76. The fraction of sp³-hybridized carbons (Fsp3) is 0.258. The molecule has 3 aromatic carbocycles. The van der Waals surface area contributed by atoms with E-state index in [2.05, 4.69) is 16.0 Å². The molecule has 0 aliphatic carbocycles. The van der Waals surface area contributed by atoms with Crippen molar-refractivity contribution in [1.29, 1.82) is 0 Å². The van der Waals surface area contributed by atoms with Crippen LogP contribution >= 0.6 is 0 Å². The van der Waals surface area contributed by atoms with Gasteiger partial charge in [0, 0.05) is 12.8 Å². The fourth-order valence-electron chi connectivity index (χ4n) is 4.30. The Morgan fingerprint density at radius 2 is 0.952 bits per heavy atom. The van der Waals surface area contributed by atoms with Crippen molar-refractivity contribution in [3.8, 4) is 0 Å². The molecule has 0 aliphatic rings. The molecule has 42 heavy (non-hydrogen) atoms. The van der Waals surface area contributed by atoms with Crippen LogP contribution in [-0.2, 0) is 43.2 Å². The quantitative estimate of drug-likeness (QED) is 0.152. The van der Waals surface area contributed by atoms with E-state index in [0.29, 0.717) is 11.1 Å². The van der Waals surface area contributed by atoms with Crippen LogP contribution in [0.2, 0.25) is 0 Å². The minimum atomic E-state index is -1.41. The molecular weight excluding hydrogens is 538 g/mol. The Morgan fingerprint density at radius 3 is 1.40 bits per heavy atom. The Morgan fingerprint density at radius 1 is 0.571 bits per heavy atom. The highest BCUT2D eigenvalue weighted by molar-refractivity contribution is 5.96. The summed E-state index contributed by atoms with van der Waals surface area (Å²) in [6.07, 6.45) is -0.315. The predicted octanol–water partition coefficient (Wildman–Crippen LogP) is 0.456. The van der Waals surface area contributed by atoms with Crippen LogP contribution in [0.15, 0.2) is 91.0 Å².